The van der Waals surface area contributed by atoms with E-state index in [1.54, 1.807) is 13.0 Å². The summed E-state index contributed by atoms with van der Waals surface area (Å²) in [4.78, 5) is 11.7. The molecule has 3 aromatic rings. The molecule has 146 valence electrons. The van der Waals surface area contributed by atoms with E-state index < -0.39 is 0 Å². The fourth-order valence-electron chi connectivity index (χ4n) is 2.55. The standard InChI is InChI=1S/C21H22N2O4S/c1-4-25-19-9-8-16(15(3)24)11-17(19)13-28-21-23-22-20(27-21)12-26-18-7-5-6-14(2)10-18/h5-11H,4,12-13H2,1-3H3. The SMILES string of the molecule is CCOc1ccc(C(C)=O)cc1CSc1nnc(COc2cccc(C)c2)o1. The molecule has 6 nitrogen and oxygen atoms in total. The van der Waals surface area contributed by atoms with Gasteiger partial charge in [-0.25, -0.2) is 0 Å². The van der Waals surface area contributed by atoms with Gasteiger partial charge >= 0.3 is 0 Å². The van der Waals surface area contributed by atoms with Crippen LogP contribution in [0.2, 0.25) is 0 Å². The van der Waals surface area contributed by atoms with Crippen molar-refractivity contribution >= 4 is 17.5 Å². The largest absolute Gasteiger partial charge is 0.494 e. The Balaban J connectivity index is 1.62. The fraction of sp³-hybridized carbons (Fsp3) is 0.286. The zero-order valence-electron chi connectivity index (χ0n) is 16.1. The van der Waals surface area contributed by atoms with E-state index in [-0.39, 0.29) is 12.4 Å². The number of hydrogen-bond acceptors (Lipinski definition) is 7. The summed E-state index contributed by atoms with van der Waals surface area (Å²) in [5, 5.41) is 8.52. The molecule has 0 aliphatic rings. The minimum atomic E-state index is 0.0164. The predicted octanol–water partition coefficient (Wildman–Crippen LogP) is 4.85. The number of ether oxygens (including phenoxy) is 2. The molecule has 0 amide bonds. The monoisotopic (exact) mass is 398 g/mol. The van der Waals surface area contributed by atoms with Crippen molar-refractivity contribution in [1.29, 1.82) is 0 Å². The average molecular weight is 398 g/mol. The molecular formula is C21H22N2O4S. The first-order valence-electron chi connectivity index (χ1n) is 8.96. The van der Waals surface area contributed by atoms with Gasteiger partial charge in [0, 0.05) is 16.9 Å². The minimum absolute atomic E-state index is 0.0164. The summed E-state index contributed by atoms with van der Waals surface area (Å²) in [6, 6.07) is 13.2. The van der Waals surface area contributed by atoms with Crippen LogP contribution in [-0.4, -0.2) is 22.6 Å². The van der Waals surface area contributed by atoms with Crippen LogP contribution in [0.4, 0.5) is 0 Å². The number of Topliss-reactive ketones (excluding diaryl/α,β-unsaturated/α-hetero) is 1. The van der Waals surface area contributed by atoms with Crippen molar-refractivity contribution in [3.63, 3.8) is 0 Å². The van der Waals surface area contributed by atoms with Crippen molar-refractivity contribution in [2.75, 3.05) is 6.61 Å². The van der Waals surface area contributed by atoms with E-state index >= 15 is 0 Å². The number of nitrogens with zero attached hydrogens (tertiary/aromatic N) is 2. The van der Waals surface area contributed by atoms with E-state index in [2.05, 4.69) is 10.2 Å². The van der Waals surface area contributed by atoms with Crippen LogP contribution in [0.15, 0.2) is 52.1 Å². The van der Waals surface area contributed by atoms with Crippen LogP contribution >= 0.6 is 11.8 Å². The number of rotatable bonds is 9. The van der Waals surface area contributed by atoms with Crippen molar-refractivity contribution in [2.24, 2.45) is 0 Å². The molecule has 0 spiro atoms. The Morgan fingerprint density at radius 1 is 1.14 bits per heavy atom. The lowest BCUT2D eigenvalue weighted by Gasteiger charge is -2.10. The smallest absolute Gasteiger partial charge is 0.277 e. The summed E-state index contributed by atoms with van der Waals surface area (Å²) in [6.07, 6.45) is 0. The van der Waals surface area contributed by atoms with Crippen molar-refractivity contribution in [3.8, 4) is 11.5 Å². The van der Waals surface area contributed by atoms with Crippen molar-refractivity contribution < 1.29 is 18.7 Å². The Morgan fingerprint density at radius 3 is 2.75 bits per heavy atom. The number of thioether (sulfide) groups is 1. The Morgan fingerprint density at radius 2 is 2.00 bits per heavy atom. The van der Waals surface area contributed by atoms with Gasteiger partial charge in [0.05, 0.1) is 6.61 Å². The molecule has 3 rings (SSSR count). The Hall–Kier alpha value is -2.80. The summed E-state index contributed by atoms with van der Waals surface area (Å²) in [7, 11) is 0. The van der Waals surface area contributed by atoms with E-state index in [4.69, 9.17) is 13.9 Å². The van der Waals surface area contributed by atoms with E-state index in [9.17, 15) is 4.79 Å². The first-order chi connectivity index (χ1) is 13.5. The van der Waals surface area contributed by atoms with Gasteiger partial charge in [0.15, 0.2) is 12.4 Å². The number of benzene rings is 2. The van der Waals surface area contributed by atoms with Gasteiger partial charge in [-0.2, -0.15) is 0 Å². The number of carbonyl (C=O) groups is 1. The molecule has 2 aromatic carbocycles. The van der Waals surface area contributed by atoms with Crippen molar-refractivity contribution in [1.82, 2.24) is 10.2 Å². The van der Waals surface area contributed by atoms with Gasteiger partial charge in [-0.1, -0.05) is 23.9 Å². The topological polar surface area (TPSA) is 74.5 Å². The molecule has 0 unspecified atom stereocenters. The molecule has 1 heterocycles. The summed E-state index contributed by atoms with van der Waals surface area (Å²) >= 11 is 1.39. The molecule has 0 fully saturated rings. The molecule has 0 aliphatic heterocycles. The number of ketones is 1. The molecule has 0 radical (unpaired) electrons. The predicted molar refractivity (Wildman–Crippen MR) is 107 cm³/mol. The quantitative estimate of drug-likeness (QED) is 0.377. The molecule has 28 heavy (non-hydrogen) atoms. The van der Waals surface area contributed by atoms with E-state index in [0.29, 0.717) is 29.0 Å². The van der Waals surface area contributed by atoms with Gasteiger partial charge in [-0.05, 0) is 56.7 Å². The van der Waals surface area contributed by atoms with Crippen LogP contribution in [0, 0.1) is 6.92 Å². The van der Waals surface area contributed by atoms with Crippen molar-refractivity contribution in [3.05, 3.63) is 65.0 Å². The molecule has 0 atom stereocenters. The van der Waals surface area contributed by atoms with E-state index in [1.165, 1.54) is 11.8 Å². The van der Waals surface area contributed by atoms with Crippen LogP contribution in [0.3, 0.4) is 0 Å². The van der Waals surface area contributed by atoms with Gasteiger partial charge in [0.1, 0.15) is 11.5 Å². The van der Waals surface area contributed by atoms with Crippen LogP contribution < -0.4 is 9.47 Å². The van der Waals surface area contributed by atoms with Gasteiger partial charge in [0.2, 0.25) is 0 Å². The summed E-state index contributed by atoms with van der Waals surface area (Å²) in [5.74, 6) is 2.49. The second-order valence-corrected chi connectivity index (χ2v) is 7.09. The highest BCUT2D eigenvalue weighted by atomic mass is 32.2. The van der Waals surface area contributed by atoms with Crippen LogP contribution in [-0.2, 0) is 12.4 Å². The fourth-order valence-corrected chi connectivity index (χ4v) is 3.31. The summed E-state index contributed by atoms with van der Waals surface area (Å²) < 4.78 is 17.0. The van der Waals surface area contributed by atoms with Crippen LogP contribution in [0.5, 0.6) is 11.5 Å². The lowest BCUT2D eigenvalue weighted by molar-refractivity contribution is 0.101. The van der Waals surface area contributed by atoms with Crippen LogP contribution in [0.1, 0.15) is 41.2 Å². The molecular weight excluding hydrogens is 376 g/mol. The van der Waals surface area contributed by atoms with Gasteiger partial charge < -0.3 is 13.9 Å². The molecule has 0 saturated heterocycles. The normalized spacial score (nSPS) is 10.7. The third-order valence-corrected chi connectivity index (χ3v) is 4.79. The number of aryl methyl sites for hydroxylation is 1. The Labute approximate surface area is 168 Å². The van der Waals surface area contributed by atoms with Gasteiger partial charge in [-0.3, -0.25) is 4.79 Å². The Bertz CT molecular complexity index is 955. The van der Waals surface area contributed by atoms with E-state index in [0.717, 1.165) is 22.6 Å². The number of aromatic nitrogens is 2. The molecule has 0 saturated carbocycles. The van der Waals surface area contributed by atoms with Crippen molar-refractivity contribution in [2.45, 2.75) is 38.4 Å². The first kappa shape index (κ1) is 19.9. The van der Waals surface area contributed by atoms with Crippen LogP contribution in [0.25, 0.3) is 0 Å². The second-order valence-electron chi connectivity index (χ2n) is 6.17. The summed E-state index contributed by atoms with van der Waals surface area (Å²) in [6.45, 7) is 6.24. The molecule has 0 aliphatic carbocycles. The maximum absolute atomic E-state index is 11.7. The zero-order chi connectivity index (χ0) is 19.9. The highest BCUT2D eigenvalue weighted by Gasteiger charge is 2.12. The number of carbonyl (C=O) groups excluding carboxylic acids is 1. The molecule has 1 aromatic heterocycles. The first-order valence-corrected chi connectivity index (χ1v) is 9.95. The third kappa shape index (κ3) is 5.36. The minimum Gasteiger partial charge on any atom is -0.494 e. The average Bonchev–Trinajstić information content (AvgIpc) is 3.13. The lowest BCUT2D eigenvalue weighted by Crippen LogP contribution is -1.99. The molecule has 0 bridgehead atoms. The van der Waals surface area contributed by atoms with E-state index in [1.807, 2.05) is 50.2 Å². The second kappa shape index (κ2) is 9.41. The highest BCUT2D eigenvalue weighted by molar-refractivity contribution is 7.98. The lowest BCUT2D eigenvalue weighted by atomic mass is 10.1. The number of hydrogen-bond donors (Lipinski definition) is 0. The van der Waals surface area contributed by atoms with Gasteiger partial charge in [-0.15, -0.1) is 10.2 Å². The Kier molecular flexibility index (Phi) is 6.71. The maximum atomic E-state index is 11.7. The highest BCUT2D eigenvalue weighted by Crippen LogP contribution is 2.29. The molecule has 0 N–H and O–H groups in total. The summed E-state index contributed by atoms with van der Waals surface area (Å²) in [5.41, 5.74) is 2.68. The third-order valence-electron chi connectivity index (χ3n) is 3.92. The van der Waals surface area contributed by atoms with Gasteiger partial charge in [0.25, 0.3) is 11.1 Å². The molecule has 7 heteroatoms. The zero-order valence-corrected chi connectivity index (χ0v) is 16.9. The maximum Gasteiger partial charge on any atom is 0.277 e.